The second-order valence-corrected chi connectivity index (χ2v) is 6.16. The lowest BCUT2D eigenvalue weighted by Crippen LogP contribution is -2.10. The van der Waals surface area contributed by atoms with Crippen LogP contribution in [0.5, 0.6) is 0 Å². The van der Waals surface area contributed by atoms with Crippen LogP contribution in [0.2, 0.25) is 0 Å². The Kier molecular flexibility index (Phi) is 2.21. The van der Waals surface area contributed by atoms with E-state index in [0.29, 0.717) is 5.41 Å². The molecule has 0 amide bonds. The average Bonchev–Trinajstić information content (AvgIpc) is 2.84. The molecule has 0 spiro atoms. The van der Waals surface area contributed by atoms with Crippen LogP contribution < -0.4 is 5.30 Å². The summed E-state index contributed by atoms with van der Waals surface area (Å²) >= 11 is 0. The van der Waals surface area contributed by atoms with Crippen LogP contribution in [0, 0.1) is 5.41 Å². The molecule has 77 valence electrons. The highest BCUT2D eigenvalue weighted by Gasteiger charge is 2.34. The van der Waals surface area contributed by atoms with Gasteiger partial charge in [-0.05, 0) is 49.1 Å². The molecule has 1 saturated carbocycles. The van der Waals surface area contributed by atoms with Gasteiger partial charge in [-0.1, -0.05) is 44.0 Å². The van der Waals surface area contributed by atoms with Crippen LogP contribution in [-0.2, 0) is 0 Å². The molecule has 3 rings (SSSR count). The molecular weight excluding hydrogens is 199 g/mol. The van der Waals surface area contributed by atoms with Crippen molar-refractivity contribution in [2.45, 2.75) is 32.6 Å². The molecule has 0 unspecified atom stereocenters. The summed E-state index contributed by atoms with van der Waals surface area (Å²) in [7, 11) is 1.47. The van der Waals surface area contributed by atoms with Gasteiger partial charge in [-0.15, -0.1) is 0 Å². The minimum atomic E-state index is 0.501. The first-order chi connectivity index (χ1) is 7.28. The molecule has 1 heteroatoms. The molecule has 0 nitrogen and oxygen atoms in total. The zero-order chi connectivity index (χ0) is 10.3. The lowest BCUT2D eigenvalue weighted by molar-refractivity contribution is 0.439. The molecule has 0 N–H and O–H groups in total. The summed E-state index contributed by atoms with van der Waals surface area (Å²) in [5, 5.41) is 3.15. The number of rotatable bonds is 1. The van der Waals surface area contributed by atoms with Gasteiger partial charge in [0.2, 0.25) is 0 Å². The van der Waals surface area contributed by atoms with E-state index < -0.39 is 0 Å². The van der Waals surface area contributed by atoms with E-state index in [9.17, 15) is 0 Å². The first kappa shape index (κ1) is 9.60. The summed E-state index contributed by atoms with van der Waals surface area (Å²) in [6.45, 7) is 2.45. The lowest BCUT2D eigenvalue weighted by Gasteiger charge is -2.24. The molecule has 15 heavy (non-hydrogen) atoms. The van der Waals surface area contributed by atoms with E-state index in [1.807, 2.05) is 0 Å². The summed E-state index contributed by atoms with van der Waals surface area (Å²) in [6, 6.07) is 8.80. The maximum atomic E-state index is 2.45. The van der Waals surface area contributed by atoms with Gasteiger partial charge >= 0.3 is 0 Å². The summed E-state index contributed by atoms with van der Waals surface area (Å²) in [6.07, 6.45) is 8.04. The molecule has 1 fully saturated rings. The van der Waals surface area contributed by atoms with Crippen molar-refractivity contribution >= 4 is 20.0 Å². The van der Waals surface area contributed by atoms with Gasteiger partial charge in [0.05, 0.1) is 0 Å². The van der Waals surface area contributed by atoms with E-state index in [1.54, 1.807) is 5.31 Å². The van der Waals surface area contributed by atoms with Gasteiger partial charge in [-0.2, -0.15) is 0 Å². The Balaban J connectivity index is 1.94. The minimum absolute atomic E-state index is 0.501. The maximum absolute atomic E-state index is 2.45. The molecule has 1 aromatic rings. The molecule has 0 bridgehead atoms. The quantitative estimate of drug-likeness (QED) is 0.616. The standard InChI is InChI=1S/C14H16P/c1-14(8-4-5-9-14)13-10-11-6-2-3-7-12(11)15-13/h2-3,6-7,10H,4-5,8-9H2,1H3. The van der Waals surface area contributed by atoms with Crippen molar-refractivity contribution < 1.29 is 0 Å². The summed E-state index contributed by atoms with van der Waals surface area (Å²) < 4.78 is 0. The third kappa shape index (κ3) is 1.56. The first-order valence-corrected chi connectivity index (χ1v) is 6.70. The van der Waals surface area contributed by atoms with Crippen LogP contribution in [0.25, 0.3) is 6.08 Å². The van der Waals surface area contributed by atoms with E-state index in [-0.39, 0.29) is 0 Å². The van der Waals surface area contributed by atoms with E-state index in [1.165, 1.54) is 45.1 Å². The smallest absolute Gasteiger partial charge is 0.00639 e. The van der Waals surface area contributed by atoms with Crippen LogP contribution in [-0.4, -0.2) is 0 Å². The van der Waals surface area contributed by atoms with E-state index in [4.69, 9.17) is 0 Å². The summed E-state index contributed by atoms with van der Waals surface area (Å²) in [5.41, 5.74) is 1.95. The van der Waals surface area contributed by atoms with Crippen molar-refractivity contribution in [3.8, 4) is 0 Å². The van der Waals surface area contributed by atoms with Crippen LogP contribution in [0.1, 0.15) is 38.2 Å². The van der Waals surface area contributed by atoms with E-state index in [2.05, 4.69) is 37.3 Å². The number of benzene rings is 1. The zero-order valence-corrected chi connectivity index (χ0v) is 10.1. The maximum Gasteiger partial charge on any atom is -0.00639 e. The largest absolute Gasteiger partial charge is 0.0616 e. The molecule has 1 radical (unpaired) electrons. The van der Waals surface area contributed by atoms with Crippen molar-refractivity contribution in [2.75, 3.05) is 0 Å². The van der Waals surface area contributed by atoms with Crippen LogP contribution in [0.4, 0.5) is 0 Å². The van der Waals surface area contributed by atoms with Gasteiger partial charge in [-0.3, -0.25) is 0 Å². The molecule has 0 aromatic heterocycles. The lowest BCUT2D eigenvalue weighted by atomic mass is 9.87. The van der Waals surface area contributed by atoms with Gasteiger partial charge in [0.1, 0.15) is 0 Å². The second-order valence-electron chi connectivity index (χ2n) is 4.97. The predicted octanol–water partition coefficient (Wildman–Crippen LogP) is 4.19. The molecule has 1 aliphatic carbocycles. The fourth-order valence-corrected chi connectivity index (χ4v) is 4.13. The summed E-state index contributed by atoms with van der Waals surface area (Å²) in [5.74, 6) is 0. The van der Waals surface area contributed by atoms with Gasteiger partial charge in [0, 0.05) is 0 Å². The number of hydrogen-bond donors (Lipinski definition) is 0. The SMILES string of the molecule is CC1(C2=Cc3ccccc3[P]2)CCCC1. The molecule has 1 aliphatic heterocycles. The van der Waals surface area contributed by atoms with Crippen molar-refractivity contribution in [1.82, 2.24) is 0 Å². The van der Waals surface area contributed by atoms with Crippen LogP contribution in [0.15, 0.2) is 29.6 Å². The third-order valence-corrected chi connectivity index (χ3v) is 5.35. The van der Waals surface area contributed by atoms with Crippen molar-refractivity contribution in [3.05, 3.63) is 35.1 Å². The van der Waals surface area contributed by atoms with Crippen molar-refractivity contribution in [1.29, 1.82) is 0 Å². The highest BCUT2D eigenvalue weighted by atomic mass is 31.1. The molecule has 0 atom stereocenters. The fourth-order valence-electron chi connectivity index (χ4n) is 2.74. The number of fused-ring (bicyclic) bond motifs is 1. The van der Waals surface area contributed by atoms with Crippen molar-refractivity contribution in [2.24, 2.45) is 5.41 Å². The number of hydrogen-bond acceptors (Lipinski definition) is 0. The Labute approximate surface area is 93.6 Å². The Bertz CT molecular complexity index is 411. The predicted molar refractivity (Wildman–Crippen MR) is 67.5 cm³/mol. The first-order valence-electron chi connectivity index (χ1n) is 5.81. The Hall–Kier alpha value is -0.610. The van der Waals surface area contributed by atoms with Gasteiger partial charge in [0.25, 0.3) is 0 Å². The van der Waals surface area contributed by atoms with Gasteiger partial charge in [-0.25, -0.2) is 0 Å². The molecule has 1 heterocycles. The topological polar surface area (TPSA) is 0 Å². The van der Waals surface area contributed by atoms with E-state index in [0.717, 1.165) is 0 Å². The normalized spacial score (nSPS) is 24.2. The number of allylic oxidation sites excluding steroid dienone is 1. The third-order valence-electron chi connectivity index (χ3n) is 3.80. The Morgan fingerprint density at radius 3 is 2.60 bits per heavy atom. The highest BCUT2D eigenvalue weighted by Crippen LogP contribution is 2.53. The Morgan fingerprint density at radius 2 is 1.87 bits per heavy atom. The highest BCUT2D eigenvalue weighted by molar-refractivity contribution is 7.53. The molecule has 1 aromatic carbocycles. The molecule has 0 saturated heterocycles. The minimum Gasteiger partial charge on any atom is -0.0616 e. The van der Waals surface area contributed by atoms with Crippen LogP contribution >= 0.6 is 8.58 Å². The van der Waals surface area contributed by atoms with Crippen LogP contribution in [0.3, 0.4) is 0 Å². The summed E-state index contributed by atoms with van der Waals surface area (Å²) in [4.78, 5) is 0. The average molecular weight is 215 g/mol. The fraction of sp³-hybridized carbons (Fsp3) is 0.429. The van der Waals surface area contributed by atoms with Crippen molar-refractivity contribution in [3.63, 3.8) is 0 Å². The molecule has 2 aliphatic rings. The Morgan fingerprint density at radius 1 is 1.13 bits per heavy atom. The second kappa shape index (κ2) is 3.46. The van der Waals surface area contributed by atoms with Gasteiger partial charge in [0.15, 0.2) is 0 Å². The van der Waals surface area contributed by atoms with Gasteiger partial charge < -0.3 is 0 Å². The van der Waals surface area contributed by atoms with E-state index >= 15 is 0 Å². The zero-order valence-electron chi connectivity index (χ0n) is 9.16. The molecular formula is C14H16P. The monoisotopic (exact) mass is 215 g/mol.